The number of aromatic amines is 1. The minimum Gasteiger partial charge on any atom is -0.394 e. The van der Waals surface area contributed by atoms with Gasteiger partial charge in [0, 0.05) is 17.5 Å². The van der Waals surface area contributed by atoms with E-state index in [0.29, 0.717) is 5.56 Å². The van der Waals surface area contributed by atoms with Crippen LogP contribution in [-0.2, 0) is 0 Å². The van der Waals surface area contributed by atoms with Gasteiger partial charge in [-0.2, -0.15) is 5.10 Å². The minimum atomic E-state index is -0.0324. The lowest BCUT2D eigenvalue weighted by Gasteiger charge is -2.23. The average molecular weight is 245 g/mol. The van der Waals surface area contributed by atoms with Crippen molar-refractivity contribution in [2.45, 2.75) is 18.9 Å². The fraction of sp³-hybridized carbons (Fsp3) is 0.385. The fourth-order valence-electron chi connectivity index (χ4n) is 2.53. The first-order chi connectivity index (χ1) is 8.79. The Labute approximate surface area is 104 Å². The zero-order valence-corrected chi connectivity index (χ0v) is 9.97. The van der Waals surface area contributed by atoms with Crippen molar-refractivity contribution < 1.29 is 9.90 Å². The molecule has 2 aromatic rings. The van der Waals surface area contributed by atoms with E-state index in [9.17, 15) is 9.90 Å². The molecule has 0 saturated carbocycles. The molecule has 1 saturated heterocycles. The summed E-state index contributed by atoms with van der Waals surface area (Å²) in [5.41, 5.74) is 1.51. The van der Waals surface area contributed by atoms with Crippen LogP contribution in [0.15, 0.2) is 24.4 Å². The maximum atomic E-state index is 12.4. The summed E-state index contributed by atoms with van der Waals surface area (Å²) in [7, 11) is 0. The molecule has 0 bridgehead atoms. The average Bonchev–Trinajstić information content (AvgIpc) is 3.05. The van der Waals surface area contributed by atoms with E-state index in [1.165, 1.54) is 0 Å². The summed E-state index contributed by atoms with van der Waals surface area (Å²) in [5, 5.41) is 17.1. The van der Waals surface area contributed by atoms with Crippen LogP contribution in [0, 0.1) is 0 Å². The van der Waals surface area contributed by atoms with Crippen LogP contribution in [0.25, 0.3) is 10.9 Å². The molecule has 1 amide bonds. The van der Waals surface area contributed by atoms with Gasteiger partial charge in [-0.1, -0.05) is 6.07 Å². The highest BCUT2D eigenvalue weighted by Gasteiger charge is 2.28. The van der Waals surface area contributed by atoms with Crippen molar-refractivity contribution in [3.63, 3.8) is 0 Å². The largest absolute Gasteiger partial charge is 0.394 e. The van der Waals surface area contributed by atoms with Gasteiger partial charge in [-0.15, -0.1) is 0 Å². The minimum absolute atomic E-state index is 0.0111. The highest BCUT2D eigenvalue weighted by molar-refractivity contribution is 5.98. The molecule has 2 heterocycles. The maximum Gasteiger partial charge on any atom is 0.254 e. The van der Waals surface area contributed by atoms with Crippen LogP contribution in [0.4, 0.5) is 0 Å². The van der Waals surface area contributed by atoms with Crippen molar-refractivity contribution in [3.05, 3.63) is 30.0 Å². The highest BCUT2D eigenvalue weighted by Crippen LogP contribution is 2.21. The first-order valence-corrected chi connectivity index (χ1v) is 6.14. The van der Waals surface area contributed by atoms with Gasteiger partial charge in [-0.05, 0) is 25.0 Å². The van der Waals surface area contributed by atoms with Crippen LogP contribution in [0.3, 0.4) is 0 Å². The lowest BCUT2D eigenvalue weighted by Crippen LogP contribution is -2.37. The standard InChI is InChI=1S/C13H15N3O2/c17-8-11-2-1-5-16(11)13(18)9-3-4-10-7-14-15-12(10)6-9/h3-4,6-7,11,17H,1-2,5,8H2,(H,14,15). The monoisotopic (exact) mass is 245 g/mol. The molecule has 18 heavy (non-hydrogen) atoms. The Hall–Kier alpha value is -1.88. The van der Waals surface area contributed by atoms with Gasteiger partial charge in [-0.25, -0.2) is 0 Å². The lowest BCUT2D eigenvalue weighted by molar-refractivity contribution is 0.0678. The summed E-state index contributed by atoms with van der Waals surface area (Å²) in [4.78, 5) is 14.1. The number of nitrogens with one attached hydrogen (secondary N) is 1. The topological polar surface area (TPSA) is 69.2 Å². The molecule has 5 nitrogen and oxygen atoms in total. The second-order valence-corrected chi connectivity index (χ2v) is 4.65. The second kappa shape index (κ2) is 4.42. The van der Waals surface area contributed by atoms with Gasteiger partial charge in [0.2, 0.25) is 0 Å². The number of hydrogen-bond acceptors (Lipinski definition) is 3. The van der Waals surface area contributed by atoms with E-state index in [1.54, 1.807) is 11.1 Å². The van der Waals surface area contributed by atoms with Gasteiger partial charge in [0.15, 0.2) is 0 Å². The first-order valence-electron chi connectivity index (χ1n) is 6.14. The van der Waals surface area contributed by atoms with Crippen LogP contribution >= 0.6 is 0 Å². The third-order valence-corrected chi connectivity index (χ3v) is 3.54. The predicted octanol–water partition coefficient (Wildman–Crippen LogP) is 1.16. The summed E-state index contributed by atoms with van der Waals surface area (Å²) < 4.78 is 0. The van der Waals surface area contributed by atoms with Gasteiger partial charge in [-0.3, -0.25) is 9.89 Å². The number of hydrogen-bond donors (Lipinski definition) is 2. The molecule has 0 aliphatic carbocycles. The quantitative estimate of drug-likeness (QED) is 0.834. The molecule has 0 radical (unpaired) electrons. The fourth-order valence-corrected chi connectivity index (χ4v) is 2.53. The Morgan fingerprint density at radius 2 is 2.44 bits per heavy atom. The first kappa shape index (κ1) is 11.2. The van der Waals surface area contributed by atoms with Crippen molar-refractivity contribution in [1.82, 2.24) is 15.1 Å². The highest BCUT2D eigenvalue weighted by atomic mass is 16.3. The summed E-state index contributed by atoms with van der Waals surface area (Å²) in [6, 6.07) is 5.48. The number of rotatable bonds is 2. The zero-order chi connectivity index (χ0) is 12.5. The van der Waals surface area contributed by atoms with Crippen molar-refractivity contribution in [2.75, 3.05) is 13.2 Å². The zero-order valence-electron chi connectivity index (χ0n) is 9.97. The summed E-state index contributed by atoms with van der Waals surface area (Å²) >= 11 is 0. The summed E-state index contributed by atoms with van der Waals surface area (Å²) in [6.07, 6.45) is 3.58. The Morgan fingerprint density at radius 1 is 1.56 bits per heavy atom. The number of aliphatic hydroxyl groups is 1. The summed E-state index contributed by atoms with van der Waals surface area (Å²) in [5.74, 6) is -0.0111. The smallest absolute Gasteiger partial charge is 0.254 e. The van der Waals surface area contributed by atoms with E-state index >= 15 is 0 Å². The number of amides is 1. The number of aliphatic hydroxyl groups excluding tert-OH is 1. The Bertz CT molecular complexity index is 578. The molecule has 1 unspecified atom stereocenters. The molecule has 94 valence electrons. The number of H-pyrrole nitrogens is 1. The molecule has 0 spiro atoms. The number of carbonyl (C=O) groups is 1. The number of aromatic nitrogens is 2. The van der Waals surface area contributed by atoms with Crippen molar-refractivity contribution in [3.8, 4) is 0 Å². The third kappa shape index (κ3) is 1.76. The van der Waals surface area contributed by atoms with Crippen molar-refractivity contribution in [2.24, 2.45) is 0 Å². The second-order valence-electron chi connectivity index (χ2n) is 4.65. The van der Waals surface area contributed by atoms with Crippen LogP contribution in [-0.4, -0.2) is 45.3 Å². The van der Waals surface area contributed by atoms with E-state index in [1.807, 2.05) is 18.2 Å². The molecule has 2 N–H and O–H groups in total. The molecule has 1 aromatic carbocycles. The van der Waals surface area contributed by atoms with Crippen molar-refractivity contribution in [1.29, 1.82) is 0 Å². The molecular formula is C13H15N3O2. The number of likely N-dealkylation sites (tertiary alicyclic amines) is 1. The number of fused-ring (bicyclic) bond motifs is 1. The van der Waals surface area contributed by atoms with Gasteiger partial charge in [0.1, 0.15) is 0 Å². The predicted molar refractivity (Wildman–Crippen MR) is 67.2 cm³/mol. The van der Waals surface area contributed by atoms with Gasteiger partial charge in [0.25, 0.3) is 5.91 Å². The lowest BCUT2D eigenvalue weighted by atomic mass is 10.1. The molecule has 1 atom stereocenters. The van der Waals surface area contributed by atoms with Crippen LogP contribution in [0.5, 0.6) is 0 Å². The van der Waals surface area contributed by atoms with E-state index in [4.69, 9.17) is 0 Å². The molecule has 1 aromatic heterocycles. The maximum absolute atomic E-state index is 12.4. The Morgan fingerprint density at radius 3 is 3.28 bits per heavy atom. The van der Waals surface area contributed by atoms with Crippen molar-refractivity contribution >= 4 is 16.8 Å². The van der Waals surface area contributed by atoms with Gasteiger partial charge in [0.05, 0.1) is 24.4 Å². The van der Waals surface area contributed by atoms with Gasteiger partial charge < -0.3 is 10.0 Å². The molecule has 3 rings (SSSR count). The third-order valence-electron chi connectivity index (χ3n) is 3.54. The van der Waals surface area contributed by atoms with Gasteiger partial charge >= 0.3 is 0 Å². The number of benzene rings is 1. The normalized spacial score (nSPS) is 19.6. The molecule has 5 heteroatoms. The molecule has 1 aliphatic heterocycles. The van der Waals surface area contributed by atoms with Crippen LogP contribution < -0.4 is 0 Å². The van der Waals surface area contributed by atoms with E-state index in [0.717, 1.165) is 30.3 Å². The number of carbonyl (C=O) groups excluding carboxylic acids is 1. The van der Waals surface area contributed by atoms with E-state index in [-0.39, 0.29) is 18.6 Å². The number of nitrogens with zero attached hydrogens (tertiary/aromatic N) is 2. The molecule has 1 aliphatic rings. The van der Waals surface area contributed by atoms with E-state index < -0.39 is 0 Å². The SMILES string of the molecule is O=C(c1ccc2cn[nH]c2c1)N1CCCC1CO. The Balaban J connectivity index is 1.91. The Kier molecular flexibility index (Phi) is 2.76. The van der Waals surface area contributed by atoms with E-state index in [2.05, 4.69) is 10.2 Å². The molecular weight excluding hydrogens is 230 g/mol. The summed E-state index contributed by atoms with van der Waals surface area (Å²) in [6.45, 7) is 0.767. The van der Waals surface area contributed by atoms with Crippen LogP contribution in [0.1, 0.15) is 23.2 Å². The van der Waals surface area contributed by atoms with Crippen LogP contribution in [0.2, 0.25) is 0 Å². The molecule has 1 fully saturated rings.